The minimum Gasteiger partial charge on any atom is -0.461 e. The fourth-order valence-electron chi connectivity index (χ4n) is 6.09. The second-order valence-corrected chi connectivity index (χ2v) is 12.6. The Morgan fingerprint density at radius 1 is 1.22 bits per heavy atom. The van der Waals surface area contributed by atoms with Crippen molar-refractivity contribution in [3.8, 4) is 0 Å². The molecule has 1 N–H and O–H groups in total. The van der Waals surface area contributed by atoms with Gasteiger partial charge in [0.25, 0.3) is 0 Å². The first-order valence-corrected chi connectivity index (χ1v) is 14.6. The van der Waals surface area contributed by atoms with Gasteiger partial charge < -0.3 is 19.6 Å². The maximum Gasteiger partial charge on any atom is 0.311 e. The summed E-state index contributed by atoms with van der Waals surface area (Å²) in [6.07, 6.45) is 5.92. The van der Waals surface area contributed by atoms with E-state index in [1.54, 1.807) is 27.6 Å². The number of rotatable bonds is 13. The van der Waals surface area contributed by atoms with E-state index >= 15 is 0 Å². The van der Waals surface area contributed by atoms with Gasteiger partial charge in [-0.1, -0.05) is 65.0 Å². The van der Waals surface area contributed by atoms with Crippen LogP contribution in [-0.2, 0) is 25.7 Å². The monoisotopic (exact) mass is 590 g/mol. The van der Waals surface area contributed by atoms with Crippen molar-refractivity contribution in [2.45, 2.75) is 53.1 Å². The van der Waals surface area contributed by atoms with Crippen molar-refractivity contribution < 1.29 is 24.2 Å². The zero-order valence-electron chi connectivity index (χ0n) is 21.0. The molecule has 2 amide bonds. The van der Waals surface area contributed by atoms with E-state index in [0.717, 1.165) is 12.0 Å². The number of hydrogen-bond donors (Lipinski definition) is 1. The number of ether oxygens (including phenoxy) is 1. The van der Waals surface area contributed by atoms with Gasteiger partial charge in [-0.3, -0.25) is 14.4 Å². The van der Waals surface area contributed by atoms with Gasteiger partial charge in [-0.2, -0.15) is 0 Å². The molecule has 1 aromatic rings. The number of thioether (sulfide) groups is 1. The van der Waals surface area contributed by atoms with E-state index in [1.807, 2.05) is 30.3 Å². The predicted octanol–water partition coefficient (Wildman–Crippen LogP) is 3.56. The number of carbonyl (C=O) groups is 3. The molecular weight excluding hydrogens is 556 g/mol. The van der Waals surface area contributed by atoms with Crippen LogP contribution in [0.5, 0.6) is 0 Å². The van der Waals surface area contributed by atoms with E-state index < -0.39 is 28.6 Å². The van der Waals surface area contributed by atoms with Crippen LogP contribution in [0.3, 0.4) is 0 Å². The minimum absolute atomic E-state index is 0.00514. The Morgan fingerprint density at radius 3 is 2.65 bits per heavy atom. The summed E-state index contributed by atoms with van der Waals surface area (Å²) in [4.78, 5) is 45.0. The molecule has 37 heavy (non-hydrogen) atoms. The van der Waals surface area contributed by atoms with Crippen molar-refractivity contribution in [1.29, 1.82) is 0 Å². The lowest BCUT2D eigenvalue weighted by Crippen LogP contribution is -2.55. The first-order valence-electron chi connectivity index (χ1n) is 12.8. The second kappa shape index (κ2) is 12.2. The molecule has 4 rings (SSSR count). The molecule has 2 bridgehead atoms. The van der Waals surface area contributed by atoms with Gasteiger partial charge in [0.15, 0.2) is 0 Å². The smallest absolute Gasteiger partial charge is 0.311 e. The highest BCUT2D eigenvalue weighted by Crippen LogP contribution is 2.68. The molecule has 3 fully saturated rings. The summed E-state index contributed by atoms with van der Waals surface area (Å²) < 4.78 is 4.73. The van der Waals surface area contributed by atoms with Crippen LogP contribution in [0.1, 0.15) is 31.2 Å². The van der Waals surface area contributed by atoms with E-state index in [9.17, 15) is 19.5 Å². The zero-order valence-corrected chi connectivity index (χ0v) is 23.4. The maximum atomic E-state index is 14.4. The van der Waals surface area contributed by atoms with Gasteiger partial charge in [-0.15, -0.1) is 18.3 Å². The molecule has 9 heteroatoms. The predicted molar refractivity (Wildman–Crippen MR) is 148 cm³/mol. The normalized spacial score (nSPS) is 29.7. The Hall–Kier alpha value is -2.10. The number of hydrogen-bond acceptors (Lipinski definition) is 6. The van der Waals surface area contributed by atoms with Crippen LogP contribution in [0.4, 0.5) is 0 Å². The van der Waals surface area contributed by atoms with Crippen LogP contribution in [-0.4, -0.2) is 79.9 Å². The summed E-state index contributed by atoms with van der Waals surface area (Å²) in [5, 5.41) is 9.08. The fourth-order valence-corrected chi connectivity index (χ4v) is 9.69. The van der Waals surface area contributed by atoms with E-state index in [1.165, 1.54) is 6.08 Å². The molecule has 1 spiro atoms. The Kier molecular flexibility index (Phi) is 9.19. The average molecular weight is 592 g/mol. The number of fused-ring (bicyclic) bond motifs is 1. The number of carbonyl (C=O) groups excluding carboxylic acids is 3. The van der Waals surface area contributed by atoms with Crippen LogP contribution < -0.4 is 0 Å². The number of likely N-dealkylation sites (tertiary alicyclic amines) is 1. The molecule has 200 valence electrons. The van der Waals surface area contributed by atoms with Crippen molar-refractivity contribution in [2.75, 3.05) is 26.3 Å². The summed E-state index contributed by atoms with van der Waals surface area (Å²) in [6, 6.07) is 9.09. The van der Waals surface area contributed by atoms with Gasteiger partial charge in [-0.05, 0) is 31.2 Å². The maximum absolute atomic E-state index is 14.4. The standard InChI is InChI=1S/C28H35BrN2O5S/c1-3-13-30(18-19-11-7-5-8-12-19)26(34)24-28-17-20(29)23(37-28)21(27(35)36-16-4-2)22(28)25(33)31(24)14-9-6-10-15-32/h3-5,7-8,11-12,20-24,32H,1-2,6,9-10,13-18H2/t20?,21-,22-,23-,24?,28?/m0/s1. The summed E-state index contributed by atoms with van der Waals surface area (Å²) in [5.74, 6) is -1.88. The van der Waals surface area contributed by atoms with Crippen molar-refractivity contribution >= 4 is 45.5 Å². The molecule has 0 saturated carbocycles. The molecule has 6 atom stereocenters. The number of unbranched alkanes of at least 4 members (excludes halogenated alkanes) is 2. The molecule has 3 aliphatic rings. The number of amides is 2. The van der Waals surface area contributed by atoms with Gasteiger partial charge in [0, 0.05) is 36.3 Å². The Morgan fingerprint density at radius 2 is 1.97 bits per heavy atom. The fraction of sp³-hybridized carbons (Fsp3) is 0.536. The highest BCUT2D eigenvalue weighted by molar-refractivity contribution is 9.09. The van der Waals surface area contributed by atoms with Crippen LogP contribution in [0.2, 0.25) is 0 Å². The molecule has 0 aromatic heterocycles. The van der Waals surface area contributed by atoms with Gasteiger partial charge >= 0.3 is 5.97 Å². The molecule has 1 aromatic carbocycles. The van der Waals surface area contributed by atoms with Crippen molar-refractivity contribution in [3.05, 3.63) is 61.2 Å². The van der Waals surface area contributed by atoms with E-state index in [4.69, 9.17) is 4.74 Å². The number of alkyl halides is 1. The Balaban J connectivity index is 1.69. The molecular formula is C28H35BrN2O5S. The van der Waals surface area contributed by atoms with Crippen molar-refractivity contribution in [3.63, 3.8) is 0 Å². The SMILES string of the molecule is C=CCOC(=O)[C@H]1[C@H]2C(=O)N(CCCCCO)C(C(=O)N(CC=C)Cc3ccccc3)C23CC(Br)[C@@H]1S3. The van der Waals surface area contributed by atoms with Gasteiger partial charge in [0.2, 0.25) is 11.8 Å². The third-order valence-electron chi connectivity index (χ3n) is 7.57. The third kappa shape index (κ3) is 5.27. The van der Waals surface area contributed by atoms with Crippen LogP contribution in [0.25, 0.3) is 0 Å². The van der Waals surface area contributed by atoms with Crippen molar-refractivity contribution in [1.82, 2.24) is 9.80 Å². The first kappa shape index (κ1) is 27.9. The van der Waals surface area contributed by atoms with Crippen LogP contribution >= 0.6 is 27.7 Å². The molecule has 3 saturated heterocycles. The zero-order chi connectivity index (χ0) is 26.6. The van der Waals surface area contributed by atoms with E-state index in [-0.39, 0.29) is 35.1 Å². The lowest BCUT2D eigenvalue weighted by atomic mass is 9.71. The number of aliphatic hydroxyl groups is 1. The van der Waals surface area contributed by atoms with E-state index in [2.05, 4.69) is 29.1 Å². The summed E-state index contributed by atoms with van der Waals surface area (Å²) in [7, 11) is 0. The number of benzene rings is 1. The highest BCUT2D eigenvalue weighted by Gasteiger charge is 2.76. The Labute approximate surface area is 231 Å². The van der Waals surface area contributed by atoms with Gasteiger partial charge in [0.05, 0.1) is 16.6 Å². The number of aliphatic hydroxyl groups excluding tert-OH is 1. The number of halogens is 1. The Bertz CT molecular complexity index is 1020. The van der Waals surface area contributed by atoms with Crippen LogP contribution in [0.15, 0.2) is 55.6 Å². The second-order valence-electron chi connectivity index (χ2n) is 9.89. The number of nitrogens with zero attached hydrogens (tertiary/aromatic N) is 2. The highest BCUT2D eigenvalue weighted by atomic mass is 79.9. The first-order chi connectivity index (χ1) is 17.9. The molecule has 3 heterocycles. The summed E-state index contributed by atoms with van der Waals surface area (Å²) in [6.45, 7) is 8.84. The molecule has 3 aliphatic heterocycles. The molecule has 7 nitrogen and oxygen atoms in total. The topological polar surface area (TPSA) is 87.1 Å². The third-order valence-corrected chi connectivity index (χ3v) is 10.8. The summed E-state index contributed by atoms with van der Waals surface area (Å²) in [5.41, 5.74) is 0.998. The number of esters is 1. The minimum atomic E-state index is -0.710. The molecule has 0 aliphatic carbocycles. The molecule has 0 radical (unpaired) electrons. The van der Waals surface area contributed by atoms with E-state index in [0.29, 0.717) is 38.9 Å². The molecule has 3 unspecified atom stereocenters. The van der Waals surface area contributed by atoms with Crippen LogP contribution in [0, 0.1) is 11.8 Å². The quantitative estimate of drug-likeness (QED) is 0.164. The van der Waals surface area contributed by atoms with Gasteiger partial charge in [-0.25, -0.2) is 0 Å². The summed E-state index contributed by atoms with van der Waals surface area (Å²) >= 11 is 5.37. The largest absolute Gasteiger partial charge is 0.461 e. The van der Waals surface area contributed by atoms with Crippen molar-refractivity contribution in [2.24, 2.45) is 11.8 Å². The van der Waals surface area contributed by atoms with Gasteiger partial charge in [0.1, 0.15) is 12.6 Å². The lowest BCUT2D eigenvalue weighted by molar-refractivity contribution is -0.153. The average Bonchev–Trinajstić information content (AvgIpc) is 3.48. The lowest BCUT2D eigenvalue weighted by Gasteiger charge is -2.38.